The van der Waals surface area contributed by atoms with Crippen molar-refractivity contribution in [2.75, 3.05) is 6.54 Å². The molecule has 0 bridgehead atoms. The van der Waals surface area contributed by atoms with Crippen molar-refractivity contribution in [3.8, 4) is 0 Å². The van der Waals surface area contributed by atoms with Crippen LogP contribution in [0.15, 0.2) is 27.6 Å². The lowest BCUT2D eigenvalue weighted by atomic mass is 9.85. The molecule has 1 fully saturated rings. The Hall–Kier alpha value is -0.210. The van der Waals surface area contributed by atoms with Gasteiger partial charge in [-0.1, -0.05) is 28.8 Å². The third-order valence-corrected chi connectivity index (χ3v) is 5.70. The van der Waals surface area contributed by atoms with E-state index in [4.69, 9.17) is 5.73 Å². The van der Waals surface area contributed by atoms with Crippen molar-refractivity contribution in [1.29, 1.82) is 0 Å². The largest absolute Gasteiger partial charge is 0.330 e. The van der Waals surface area contributed by atoms with Gasteiger partial charge in [0.1, 0.15) is 10.7 Å². The summed E-state index contributed by atoms with van der Waals surface area (Å²) in [5.74, 6) is -0.630. The molecule has 0 saturated heterocycles. The summed E-state index contributed by atoms with van der Waals surface area (Å²) in [5, 5.41) is 0. The SMILES string of the molecule is Cl.NCC1CCCCC1NS(=O)(=O)c1cc(Br)ccc1F. The molecule has 8 heteroatoms. The molecule has 0 heterocycles. The van der Waals surface area contributed by atoms with Crippen LogP contribution in [0.3, 0.4) is 0 Å². The van der Waals surface area contributed by atoms with E-state index in [0.29, 0.717) is 11.0 Å². The van der Waals surface area contributed by atoms with Gasteiger partial charge >= 0.3 is 0 Å². The Balaban J connectivity index is 0.00000220. The molecule has 1 aromatic carbocycles. The fourth-order valence-electron chi connectivity index (χ4n) is 2.59. The van der Waals surface area contributed by atoms with Crippen LogP contribution >= 0.6 is 28.3 Å². The van der Waals surface area contributed by atoms with Crippen LogP contribution in [0.5, 0.6) is 0 Å². The summed E-state index contributed by atoms with van der Waals surface area (Å²) < 4.78 is 41.5. The molecule has 2 atom stereocenters. The summed E-state index contributed by atoms with van der Waals surface area (Å²) in [4.78, 5) is -0.326. The molecule has 1 saturated carbocycles. The average molecular weight is 402 g/mol. The molecule has 0 amide bonds. The van der Waals surface area contributed by atoms with Crippen LogP contribution in [0.2, 0.25) is 0 Å². The molecule has 120 valence electrons. The molecule has 4 nitrogen and oxygen atoms in total. The van der Waals surface area contributed by atoms with Crippen LogP contribution < -0.4 is 10.5 Å². The van der Waals surface area contributed by atoms with Crippen molar-refractivity contribution in [2.24, 2.45) is 11.7 Å². The van der Waals surface area contributed by atoms with E-state index in [1.54, 1.807) is 0 Å². The van der Waals surface area contributed by atoms with Gasteiger partial charge in [0.25, 0.3) is 0 Å². The Morgan fingerprint density at radius 2 is 2.00 bits per heavy atom. The Morgan fingerprint density at radius 3 is 2.67 bits per heavy atom. The molecule has 3 N–H and O–H groups in total. The second-order valence-corrected chi connectivity index (χ2v) is 7.68. The number of benzene rings is 1. The molecular formula is C13H19BrClFN2O2S. The first-order valence-electron chi connectivity index (χ1n) is 6.61. The highest BCUT2D eigenvalue weighted by Gasteiger charge is 2.30. The third-order valence-electron chi connectivity index (χ3n) is 3.70. The summed E-state index contributed by atoms with van der Waals surface area (Å²) in [6.45, 7) is 0.439. The van der Waals surface area contributed by atoms with Crippen LogP contribution in [0, 0.1) is 11.7 Å². The zero-order chi connectivity index (χ0) is 14.8. The van der Waals surface area contributed by atoms with Gasteiger partial charge in [-0.2, -0.15) is 0 Å². The van der Waals surface area contributed by atoms with Crippen LogP contribution in [0.4, 0.5) is 4.39 Å². The van der Waals surface area contributed by atoms with Crippen molar-refractivity contribution in [3.05, 3.63) is 28.5 Å². The van der Waals surface area contributed by atoms with E-state index >= 15 is 0 Å². The van der Waals surface area contributed by atoms with Crippen LogP contribution in [0.1, 0.15) is 25.7 Å². The molecule has 0 radical (unpaired) electrons. The minimum atomic E-state index is -3.87. The molecule has 1 aromatic rings. The molecular weight excluding hydrogens is 383 g/mol. The Bertz CT molecular complexity index is 586. The van der Waals surface area contributed by atoms with Gasteiger partial charge in [-0.3, -0.25) is 0 Å². The number of rotatable bonds is 4. The van der Waals surface area contributed by atoms with E-state index in [9.17, 15) is 12.8 Å². The smallest absolute Gasteiger partial charge is 0.243 e. The molecule has 2 unspecified atom stereocenters. The fourth-order valence-corrected chi connectivity index (χ4v) is 4.55. The van der Waals surface area contributed by atoms with Gasteiger partial charge in [0.05, 0.1) is 0 Å². The second-order valence-electron chi connectivity index (χ2n) is 5.08. The van der Waals surface area contributed by atoms with Crippen molar-refractivity contribution in [1.82, 2.24) is 4.72 Å². The monoisotopic (exact) mass is 400 g/mol. The average Bonchev–Trinajstić information content (AvgIpc) is 2.41. The van der Waals surface area contributed by atoms with Gasteiger partial charge in [0, 0.05) is 10.5 Å². The highest BCUT2D eigenvalue weighted by Crippen LogP contribution is 2.26. The number of hydrogen-bond acceptors (Lipinski definition) is 3. The highest BCUT2D eigenvalue weighted by molar-refractivity contribution is 9.10. The summed E-state index contributed by atoms with van der Waals surface area (Å²) >= 11 is 3.16. The molecule has 0 aromatic heterocycles. The lowest BCUT2D eigenvalue weighted by molar-refractivity contribution is 0.296. The van der Waals surface area contributed by atoms with E-state index in [-0.39, 0.29) is 29.3 Å². The van der Waals surface area contributed by atoms with E-state index in [1.807, 2.05) is 0 Å². The first-order valence-corrected chi connectivity index (χ1v) is 8.89. The number of nitrogens with two attached hydrogens (primary N) is 1. The van der Waals surface area contributed by atoms with Crippen LogP contribution in [-0.2, 0) is 10.0 Å². The van der Waals surface area contributed by atoms with E-state index in [2.05, 4.69) is 20.7 Å². The highest BCUT2D eigenvalue weighted by atomic mass is 79.9. The molecule has 2 rings (SSSR count). The van der Waals surface area contributed by atoms with Gasteiger partial charge in [-0.25, -0.2) is 17.5 Å². The van der Waals surface area contributed by atoms with Crippen LogP contribution in [0.25, 0.3) is 0 Å². The molecule has 1 aliphatic carbocycles. The summed E-state index contributed by atoms with van der Waals surface area (Å²) in [6, 6.07) is 3.67. The van der Waals surface area contributed by atoms with Crippen molar-refractivity contribution in [2.45, 2.75) is 36.6 Å². The molecule has 0 spiro atoms. The van der Waals surface area contributed by atoms with E-state index < -0.39 is 15.8 Å². The lowest BCUT2D eigenvalue weighted by Gasteiger charge is -2.31. The molecule has 1 aliphatic rings. The number of halogens is 3. The first-order chi connectivity index (χ1) is 9.44. The van der Waals surface area contributed by atoms with Gasteiger partial charge < -0.3 is 5.73 Å². The van der Waals surface area contributed by atoms with Gasteiger partial charge in [-0.15, -0.1) is 12.4 Å². The predicted molar refractivity (Wildman–Crippen MR) is 86.5 cm³/mol. The quantitative estimate of drug-likeness (QED) is 0.815. The zero-order valence-corrected chi connectivity index (χ0v) is 14.6. The molecule has 0 aliphatic heterocycles. The number of hydrogen-bond donors (Lipinski definition) is 2. The maximum Gasteiger partial charge on any atom is 0.243 e. The van der Waals surface area contributed by atoms with Gasteiger partial charge in [0.2, 0.25) is 10.0 Å². The first kappa shape index (κ1) is 18.8. The van der Waals surface area contributed by atoms with Gasteiger partial charge in [-0.05, 0) is 43.5 Å². The fraction of sp³-hybridized carbons (Fsp3) is 0.538. The molecule has 21 heavy (non-hydrogen) atoms. The zero-order valence-electron chi connectivity index (χ0n) is 11.4. The summed E-state index contributed by atoms with van der Waals surface area (Å²) in [7, 11) is -3.87. The topological polar surface area (TPSA) is 72.2 Å². The van der Waals surface area contributed by atoms with Crippen molar-refractivity contribution >= 4 is 38.4 Å². The lowest BCUT2D eigenvalue weighted by Crippen LogP contribution is -2.44. The Kier molecular flexibility index (Phi) is 7.06. The Labute approximate surface area is 139 Å². The van der Waals surface area contributed by atoms with Crippen molar-refractivity contribution in [3.63, 3.8) is 0 Å². The second kappa shape index (κ2) is 7.87. The normalized spacial score (nSPS) is 22.6. The minimum absolute atomic E-state index is 0. The minimum Gasteiger partial charge on any atom is -0.330 e. The standard InChI is InChI=1S/C13H18BrFN2O2S.ClH/c14-10-5-6-11(15)13(7-10)20(18,19)17-12-4-2-1-3-9(12)8-16;/h5-7,9,12,17H,1-4,8,16H2;1H. The van der Waals surface area contributed by atoms with E-state index in [1.165, 1.54) is 12.1 Å². The van der Waals surface area contributed by atoms with Gasteiger partial charge in [0.15, 0.2) is 0 Å². The maximum absolute atomic E-state index is 13.7. The number of nitrogens with one attached hydrogen (secondary N) is 1. The van der Waals surface area contributed by atoms with Crippen LogP contribution in [-0.4, -0.2) is 21.0 Å². The summed E-state index contributed by atoms with van der Waals surface area (Å²) in [6.07, 6.45) is 3.68. The number of sulfonamides is 1. The Morgan fingerprint density at radius 1 is 1.33 bits per heavy atom. The predicted octanol–water partition coefficient (Wildman–Crippen LogP) is 2.81. The van der Waals surface area contributed by atoms with Crippen molar-refractivity contribution < 1.29 is 12.8 Å². The van der Waals surface area contributed by atoms with E-state index in [0.717, 1.165) is 31.7 Å². The maximum atomic E-state index is 13.7. The summed E-state index contributed by atoms with van der Waals surface area (Å²) in [5.41, 5.74) is 5.69. The third kappa shape index (κ3) is 4.63.